The van der Waals surface area contributed by atoms with Crippen LogP contribution in [0.3, 0.4) is 0 Å². The summed E-state index contributed by atoms with van der Waals surface area (Å²) < 4.78 is 38.8. The van der Waals surface area contributed by atoms with E-state index in [1.165, 1.54) is 24.3 Å². The molecule has 0 fully saturated rings. The first-order valence-corrected chi connectivity index (χ1v) is 9.96. The van der Waals surface area contributed by atoms with Gasteiger partial charge in [0.1, 0.15) is 5.71 Å². The Morgan fingerprint density at radius 2 is 1.71 bits per heavy atom. The summed E-state index contributed by atoms with van der Waals surface area (Å²) in [6.45, 7) is 1.35. The van der Waals surface area contributed by atoms with Crippen LogP contribution >= 0.6 is 11.6 Å². The van der Waals surface area contributed by atoms with E-state index in [1.807, 2.05) is 19.0 Å². The Bertz CT molecular complexity index is 941. The predicted molar refractivity (Wildman–Crippen MR) is 118 cm³/mol. The third kappa shape index (κ3) is 7.80. The minimum Gasteiger partial charge on any atom is -0.352 e. The van der Waals surface area contributed by atoms with Crippen molar-refractivity contribution in [1.29, 1.82) is 5.41 Å². The molecule has 0 unspecified atom stereocenters. The molecule has 0 heterocycles. The summed E-state index contributed by atoms with van der Waals surface area (Å²) in [7, 11) is 3.89. The molecular formula is C22H24ClF3N4O. The molecule has 0 bridgehead atoms. The van der Waals surface area contributed by atoms with Gasteiger partial charge >= 0.3 is 6.18 Å². The first kappa shape index (κ1) is 24.6. The Morgan fingerprint density at radius 3 is 2.29 bits per heavy atom. The van der Waals surface area contributed by atoms with Gasteiger partial charge in [0.05, 0.1) is 16.4 Å². The van der Waals surface area contributed by atoms with Crippen LogP contribution in [0.5, 0.6) is 0 Å². The number of hydrogen-bond donors (Lipinski definition) is 2. The fourth-order valence-electron chi connectivity index (χ4n) is 2.67. The van der Waals surface area contributed by atoms with Crippen molar-refractivity contribution < 1.29 is 18.0 Å². The average Bonchev–Trinajstić information content (AvgIpc) is 2.71. The number of aliphatic imine (C=N–C) groups is 1. The molecule has 0 atom stereocenters. The van der Waals surface area contributed by atoms with Gasteiger partial charge in [0.2, 0.25) is 0 Å². The molecule has 2 N–H and O–H groups in total. The van der Waals surface area contributed by atoms with Gasteiger partial charge in [0.25, 0.3) is 5.91 Å². The molecule has 0 aliphatic rings. The highest BCUT2D eigenvalue weighted by Gasteiger charge is 2.35. The van der Waals surface area contributed by atoms with Gasteiger partial charge in [0, 0.05) is 18.5 Å². The summed E-state index contributed by atoms with van der Waals surface area (Å²) in [6.07, 6.45) is -4.68. The molecular weight excluding hydrogens is 429 g/mol. The van der Waals surface area contributed by atoms with E-state index in [0.717, 1.165) is 13.0 Å². The van der Waals surface area contributed by atoms with E-state index in [1.54, 1.807) is 24.3 Å². The number of carbonyl (C=O) groups is 1. The Hall–Kier alpha value is -2.71. The number of halogens is 4. The highest BCUT2D eigenvalue weighted by atomic mass is 35.5. The van der Waals surface area contributed by atoms with Crippen LogP contribution in [0.15, 0.2) is 53.5 Å². The van der Waals surface area contributed by atoms with Crippen molar-refractivity contribution in [3.05, 3.63) is 64.7 Å². The molecule has 2 aromatic carbocycles. The van der Waals surface area contributed by atoms with Crippen LogP contribution < -0.4 is 5.32 Å². The van der Waals surface area contributed by atoms with Gasteiger partial charge in [-0.05, 0) is 56.9 Å². The van der Waals surface area contributed by atoms with Gasteiger partial charge in [0.15, 0.2) is 0 Å². The SMILES string of the molecule is CN(C)CCCNC(=O)c1ccc(C(CC(=N)C(F)(F)F)=Nc2ccccc2Cl)cc1. The molecule has 0 aliphatic heterocycles. The van der Waals surface area contributed by atoms with Crippen molar-refractivity contribution in [2.75, 3.05) is 27.2 Å². The number of hydrogen-bond acceptors (Lipinski definition) is 4. The summed E-state index contributed by atoms with van der Waals surface area (Å²) in [5.74, 6) is -0.266. The van der Waals surface area contributed by atoms with Crippen LogP contribution in [0.4, 0.5) is 18.9 Å². The van der Waals surface area contributed by atoms with Gasteiger partial charge in [-0.1, -0.05) is 35.9 Å². The molecule has 5 nitrogen and oxygen atoms in total. The second-order valence-corrected chi connectivity index (χ2v) is 7.56. The third-order valence-corrected chi connectivity index (χ3v) is 4.66. The van der Waals surface area contributed by atoms with Crippen LogP contribution in [0.25, 0.3) is 0 Å². The molecule has 31 heavy (non-hydrogen) atoms. The number of carbonyl (C=O) groups excluding carboxylic acids is 1. The van der Waals surface area contributed by atoms with E-state index in [9.17, 15) is 18.0 Å². The highest BCUT2D eigenvalue weighted by molar-refractivity contribution is 6.33. The predicted octanol–water partition coefficient (Wildman–Crippen LogP) is 5.11. The molecule has 2 rings (SSSR count). The lowest BCUT2D eigenvalue weighted by atomic mass is 10.0. The quantitative estimate of drug-likeness (QED) is 0.410. The van der Waals surface area contributed by atoms with Crippen molar-refractivity contribution in [2.24, 2.45) is 4.99 Å². The highest BCUT2D eigenvalue weighted by Crippen LogP contribution is 2.27. The minimum atomic E-state index is -4.76. The monoisotopic (exact) mass is 452 g/mol. The van der Waals surface area contributed by atoms with Crippen LogP contribution in [-0.2, 0) is 0 Å². The van der Waals surface area contributed by atoms with Crippen LogP contribution in [0.1, 0.15) is 28.8 Å². The van der Waals surface area contributed by atoms with E-state index >= 15 is 0 Å². The maximum Gasteiger partial charge on any atom is 0.429 e. The Labute approximate surface area is 184 Å². The summed E-state index contributed by atoms with van der Waals surface area (Å²) >= 11 is 6.09. The fraction of sp³-hybridized carbons (Fsp3) is 0.318. The number of amides is 1. The first-order chi connectivity index (χ1) is 14.6. The average molecular weight is 453 g/mol. The standard InChI is InChI=1S/C22H24ClF3N4O/c1-30(2)13-5-12-28-21(31)16-10-8-15(9-11-16)19(14-20(27)22(24,25)26)29-18-7-4-3-6-17(18)23/h3-4,6-11,27H,5,12-14H2,1-2H3,(H,28,31). The largest absolute Gasteiger partial charge is 0.429 e. The van der Waals surface area contributed by atoms with Gasteiger partial charge < -0.3 is 15.6 Å². The Balaban J connectivity index is 2.23. The molecule has 0 saturated carbocycles. The summed E-state index contributed by atoms with van der Waals surface area (Å²) in [6, 6.07) is 12.6. The minimum absolute atomic E-state index is 0.0355. The first-order valence-electron chi connectivity index (χ1n) is 9.58. The molecule has 0 aliphatic carbocycles. The lowest BCUT2D eigenvalue weighted by molar-refractivity contribution is -0.0605. The topological polar surface area (TPSA) is 68.6 Å². The van der Waals surface area contributed by atoms with E-state index in [4.69, 9.17) is 17.0 Å². The number of para-hydroxylation sites is 1. The zero-order valence-corrected chi connectivity index (χ0v) is 18.0. The van der Waals surface area contributed by atoms with Gasteiger partial charge in [-0.25, -0.2) is 0 Å². The van der Waals surface area contributed by atoms with E-state index in [0.29, 0.717) is 23.4 Å². The zero-order valence-electron chi connectivity index (χ0n) is 17.3. The summed E-state index contributed by atoms with van der Waals surface area (Å²) in [5.41, 5.74) is -0.319. The second kappa shape index (κ2) is 11.1. The number of nitrogens with zero attached hydrogens (tertiary/aromatic N) is 2. The van der Waals surface area contributed by atoms with Gasteiger partial charge in [-0.2, -0.15) is 13.2 Å². The van der Waals surface area contributed by atoms with E-state index in [-0.39, 0.29) is 16.6 Å². The summed E-state index contributed by atoms with van der Waals surface area (Å²) in [4.78, 5) is 18.5. The van der Waals surface area contributed by atoms with Crippen LogP contribution in [-0.4, -0.2) is 55.6 Å². The lowest BCUT2D eigenvalue weighted by Gasteiger charge is -2.12. The lowest BCUT2D eigenvalue weighted by Crippen LogP contribution is -2.27. The Kier molecular flexibility index (Phi) is 8.76. The Morgan fingerprint density at radius 1 is 1.10 bits per heavy atom. The van der Waals surface area contributed by atoms with Crippen molar-refractivity contribution in [2.45, 2.75) is 19.0 Å². The molecule has 0 saturated heterocycles. The van der Waals surface area contributed by atoms with E-state index < -0.39 is 18.3 Å². The molecule has 0 radical (unpaired) electrons. The fourth-order valence-corrected chi connectivity index (χ4v) is 2.85. The van der Waals surface area contributed by atoms with Crippen molar-refractivity contribution in [1.82, 2.24) is 10.2 Å². The number of benzene rings is 2. The maximum absolute atomic E-state index is 12.9. The summed E-state index contributed by atoms with van der Waals surface area (Å²) in [5, 5.41) is 10.5. The molecule has 2 aromatic rings. The maximum atomic E-state index is 12.9. The number of alkyl halides is 3. The van der Waals surface area contributed by atoms with Gasteiger partial charge in [-0.3, -0.25) is 9.79 Å². The van der Waals surface area contributed by atoms with Crippen molar-refractivity contribution in [3.8, 4) is 0 Å². The normalized spacial score (nSPS) is 12.2. The third-order valence-electron chi connectivity index (χ3n) is 4.34. The van der Waals surface area contributed by atoms with Crippen molar-refractivity contribution in [3.63, 3.8) is 0 Å². The zero-order chi connectivity index (χ0) is 23.0. The smallest absolute Gasteiger partial charge is 0.352 e. The van der Waals surface area contributed by atoms with Crippen molar-refractivity contribution >= 4 is 34.6 Å². The second-order valence-electron chi connectivity index (χ2n) is 7.15. The number of nitrogens with one attached hydrogen (secondary N) is 2. The molecule has 0 aromatic heterocycles. The molecule has 1 amide bonds. The van der Waals surface area contributed by atoms with Gasteiger partial charge in [-0.15, -0.1) is 0 Å². The van der Waals surface area contributed by atoms with Crippen LogP contribution in [0.2, 0.25) is 5.02 Å². The number of rotatable bonds is 9. The molecule has 166 valence electrons. The van der Waals surface area contributed by atoms with E-state index in [2.05, 4.69) is 10.3 Å². The molecule has 9 heteroatoms. The molecule has 0 spiro atoms. The van der Waals surface area contributed by atoms with Crippen LogP contribution in [0, 0.1) is 5.41 Å².